The molecule has 0 amide bonds. The van der Waals surface area contributed by atoms with E-state index in [-0.39, 0.29) is 0 Å². The van der Waals surface area contributed by atoms with Crippen LogP contribution in [-0.4, -0.2) is 42.3 Å². The summed E-state index contributed by atoms with van der Waals surface area (Å²) in [5, 5.41) is 14.7. The SMILES string of the molecule is CCCCc1nc2c(OC)ccnc2n1Cc1ccccc1-c1ccccc1-c1nn[nH]n1. The van der Waals surface area contributed by atoms with Crippen molar-refractivity contribution >= 4 is 11.2 Å². The second-order valence-electron chi connectivity index (χ2n) is 7.84. The van der Waals surface area contributed by atoms with Gasteiger partial charge in [-0.3, -0.25) is 0 Å². The number of H-pyrrole nitrogens is 1. The Morgan fingerprint density at radius 1 is 0.970 bits per heavy atom. The number of methoxy groups -OCH3 is 1. The fourth-order valence-corrected chi connectivity index (χ4v) is 4.18. The van der Waals surface area contributed by atoms with Crippen LogP contribution in [0.15, 0.2) is 60.8 Å². The van der Waals surface area contributed by atoms with Crippen LogP contribution in [0, 0.1) is 0 Å². The van der Waals surface area contributed by atoms with Crippen LogP contribution in [0.2, 0.25) is 0 Å². The molecule has 0 radical (unpaired) electrons. The molecule has 3 heterocycles. The van der Waals surface area contributed by atoms with E-state index in [1.807, 2.05) is 24.3 Å². The summed E-state index contributed by atoms with van der Waals surface area (Å²) >= 11 is 0. The van der Waals surface area contributed by atoms with Crippen molar-refractivity contribution in [2.24, 2.45) is 0 Å². The van der Waals surface area contributed by atoms with Crippen molar-refractivity contribution in [1.29, 1.82) is 0 Å². The molecule has 0 saturated heterocycles. The third-order valence-electron chi connectivity index (χ3n) is 5.80. The van der Waals surface area contributed by atoms with Gasteiger partial charge in [0.15, 0.2) is 5.65 Å². The molecule has 0 bridgehead atoms. The lowest BCUT2D eigenvalue weighted by Gasteiger charge is -2.15. The number of nitrogens with one attached hydrogen (secondary N) is 1. The fraction of sp³-hybridized carbons (Fsp3) is 0.240. The van der Waals surface area contributed by atoms with E-state index in [1.165, 1.54) is 0 Å². The number of fused-ring (bicyclic) bond motifs is 1. The third kappa shape index (κ3) is 3.95. The van der Waals surface area contributed by atoms with Gasteiger partial charge in [-0.25, -0.2) is 9.97 Å². The maximum atomic E-state index is 5.56. The molecule has 0 fully saturated rings. The number of benzene rings is 2. The van der Waals surface area contributed by atoms with Crippen LogP contribution < -0.4 is 4.74 Å². The number of hydrogen-bond acceptors (Lipinski definition) is 6. The maximum absolute atomic E-state index is 5.56. The number of unbranched alkanes of at least 4 members (excludes halogenated alkanes) is 1. The largest absolute Gasteiger partial charge is 0.494 e. The number of nitrogens with zero attached hydrogens (tertiary/aromatic N) is 6. The molecule has 0 spiro atoms. The van der Waals surface area contributed by atoms with Crippen molar-refractivity contribution in [1.82, 2.24) is 35.2 Å². The zero-order valence-electron chi connectivity index (χ0n) is 18.7. The minimum Gasteiger partial charge on any atom is -0.494 e. The van der Waals surface area contributed by atoms with Gasteiger partial charge in [0.1, 0.15) is 17.1 Å². The van der Waals surface area contributed by atoms with E-state index in [4.69, 9.17) is 9.72 Å². The first-order valence-corrected chi connectivity index (χ1v) is 11.1. The number of rotatable bonds is 8. The van der Waals surface area contributed by atoms with E-state index in [0.717, 1.165) is 64.3 Å². The Bertz CT molecular complexity index is 1380. The first-order valence-electron chi connectivity index (χ1n) is 11.1. The molecule has 8 heteroatoms. The van der Waals surface area contributed by atoms with Crippen molar-refractivity contribution in [2.75, 3.05) is 7.11 Å². The van der Waals surface area contributed by atoms with Crippen LogP contribution in [0.5, 0.6) is 5.75 Å². The number of pyridine rings is 1. The summed E-state index contributed by atoms with van der Waals surface area (Å²) in [4.78, 5) is 9.58. The molecule has 0 saturated carbocycles. The lowest BCUT2D eigenvalue weighted by molar-refractivity contribution is 0.418. The topological polar surface area (TPSA) is 94.4 Å². The highest BCUT2D eigenvalue weighted by Gasteiger charge is 2.18. The normalized spacial score (nSPS) is 11.2. The Morgan fingerprint density at radius 2 is 1.76 bits per heavy atom. The van der Waals surface area contributed by atoms with Crippen molar-refractivity contribution in [3.63, 3.8) is 0 Å². The summed E-state index contributed by atoms with van der Waals surface area (Å²) in [7, 11) is 1.67. The fourth-order valence-electron chi connectivity index (χ4n) is 4.18. The predicted molar refractivity (Wildman–Crippen MR) is 127 cm³/mol. The van der Waals surface area contributed by atoms with Gasteiger partial charge in [0.2, 0.25) is 5.82 Å². The molecule has 5 aromatic rings. The van der Waals surface area contributed by atoms with Crippen LogP contribution >= 0.6 is 0 Å². The van der Waals surface area contributed by atoms with E-state index in [9.17, 15) is 0 Å². The molecular formula is C25H25N7O. The first kappa shape index (κ1) is 20.8. The van der Waals surface area contributed by atoms with E-state index >= 15 is 0 Å². The predicted octanol–water partition coefficient (Wildman–Crippen LogP) is 4.68. The number of ether oxygens (including phenoxy) is 1. The highest BCUT2D eigenvalue weighted by molar-refractivity contribution is 5.82. The van der Waals surface area contributed by atoms with Crippen LogP contribution in [0.3, 0.4) is 0 Å². The summed E-state index contributed by atoms with van der Waals surface area (Å²) in [5.41, 5.74) is 5.90. The lowest BCUT2D eigenvalue weighted by atomic mass is 9.95. The molecule has 8 nitrogen and oxygen atoms in total. The minimum absolute atomic E-state index is 0.573. The molecule has 0 aliphatic rings. The Morgan fingerprint density at radius 3 is 2.52 bits per heavy atom. The van der Waals surface area contributed by atoms with Crippen molar-refractivity contribution in [3.8, 4) is 28.3 Å². The van der Waals surface area contributed by atoms with E-state index in [1.54, 1.807) is 13.3 Å². The second-order valence-corrected chi connectivity index (χ2v) is 7.84. The Kier molecular flexibility index (Phi) is 5.80. The van der Waals surface area contributed by atoms with Crippen LogP contribution in [0.4, 0.5) is 0 Å². The zero-order valence-corrected chi connectivity index (χ0v) is 18.7. The molecule has 3 aromatic heterocycles. The maximum Gasteiger partial charge on any atom is 0.205 e. The molecule has 166 valence electrons. The van der Waals surface area contributed by atoms with Gasteiger partial charge in [0, 0.05) is 24.2 Å². The number of imidazole rings is 1. The quantitative estimate of drug-likeness (QED) is 0.377. The average molecular weight is 440 g/mol. The molecule has 33 heavy (non-hydrogen) atoms. The summed E-state index contributed by atoms with van der Waals surface area (Å²) in [6.07, 6.45) is 4.83. The smallest absolute Gasteiger partial charge is 0.205 e. The Hall–Kier alpha value is -4.07. The monoisotopic (exact) mass is 439 g/mol. The number of aromatic amines is 1. The van der Waals surface area contributed by atoms with Crippen LogP contribution in [0.1, 0.15) is 31.2 Å². The number of hydrogen-bond donors (Lipinski definition) is 1. The van der Waals surface area contributed by atoms with Crippen molar-refractivity contribution in [3.05, 3.63) is 72.2 Å². The molecule has 0 aliphatic heterocycles. The molecule has 2 aromatic carbocycles. The minimum atomic E-state index is 0.573. The summed E-state index contributed by atoms with van der Waals surface area (Å²) in [6, 6.07) is 18.4. The third-order valence-corrected chi connectivity index (χ3v) is 5.80. The van der Waals surface area contributed by atoms with Gasteiger partial charge in [-0.1, -0.05) is 61.9 Å². The zero-order chi connectivity index (χ0) is 22.6. The highest BCUT2D eigenvalue weighted by atomic mass is 16.5. The van der Waals surface area contributed by atoms with Crippen LogP contribution in [-0.2, 0) is 13.0 Å². The lowest BCUT2D eigenvalue weighted by Crippen LogP contribution is -2.07. The van der Waals surface area contributed by atoms with Gasteiger partial charge in [-0.2, -0.15) is 5.21 Å². The first-order chi connectivity index (χ1) is 16.3. The summed E-state index contributed by atoms with van der Waals surface area (Å²) in [6.45, 7) is 2.84. The van der Waals surface area contributed by atoms with Gasteiger partial charge in [-0.05, 0) is 28.3 Å². The number of tetrazole rings is 1. The number of aromatic nitrogens is 7. The molecule has 1 N–H and O–H groups in total. The van der Waals surface area contributed by atoms with Gasteiger partial charge in [-0.15, -0.1) is 10.2 Å². The number of aryl methyl sites for hydroxylation is 1. The molecule has 0 atom stereocenters. The van der Waals surface area contributed by atoms with Crippen molar-refractivity contribution in [2.45, 2.75) is 32.7 Å². The second kappa shape index (κ2) is 9.20. The highest BCUT2D eigenvalue weighted by Crippen LogP contribution is 2.33. The molecule has 0 aliphatic carbocycles. The van der Waals surface area contributed by atoms with Gasteiger partial charge >= 0.3 is 0 Å². The molecule has 5 rings (SSSR count). The van der Waals surface area contributed by atoms with Gasteiger partial charge in [0.05, 0.1) is 13.7 Å². The van der Waals surface area contributed by atoms with E-state index in [0.29, 0.717) is 12.4 Å². The molecular weight excluding hydrogens is 414 g/mol. The average Bonchev–Trinajstić information content (AvgIpc) is 3.52. The van der Waals surface area contributed by atoms with Crippen LogP contribution in [0.25, 0.3) is 33.7 Å². The summed E-state index contributed by atoms with van der Waals surface area (Å²) in [5.74, 6) is 2.33. The molecule has 0 unspecified atom stereocenters. The summed E-state index contributed by atoms with van der Waals surface area (Å²) < 4.78 is 7.77. The Labute approximate surface area is 191 Å². The van der Waals surface area contributed by atoms with Gasteiger partial charge in [0.25, 0.3) is 0 Å². The van der Waals surface area contributed by atoms with E-state index < -0.39 is 0 Å². The van der Waals surface area contributed by atoms with Crippen molar-refractivity contribution < 1.29 is 4.74 Å². The van der Waals surface area contributed by atoms with Gasteiger partial charge < -0.3 is 9.30 Å². The standard InChI is InChI=1S/C25H25N7O/c1-3-4-13-22-27-23-21(33-2)14-15-26-25(23)32(22)16-17-9-5-6-10-18(17)19-11-7-8-12-20(19)24-28-30-31-29-24/h5-12,14-15H,3-4,13,16H2,1-2H3,(H,28,29,30,31). The van der Waals surface area contributed by atoms with E-state index in [2.05, 4.69) is 67.4 Å². The Balaban J connectivity index is 1.63.